The van der Waals surface area contributed by atoms with Gasteiger partial charge in [-0.2, -0.15) is 0 Å². The number of nitrogens with zero attached hydrogens (tertiary/aromatic N) is 2. The molecule has 1 aliphatic rings. The Morgan fingerprint density at radius 3 is 2.88 bits per heavy atom. The van der Waals surface area contributed by atoms with Gasteiger partial charge in [-0.25, -0.2) is 4.99 Å². The van der Waals surface area contributed by atoms with E-state index < -0.39 is 0 Å². The van der Waals surface area contributed by atoms with Gasteiger partial charge in [0, 0.05) is 32.2 Å². The van der Waals surface area contributed by atoms with Crippen LogP contribution in [0.1, 0.15) is 42.6 Å². The van der Waals surface area contributed by atoms with Crippen molar-refractivity contribution in [3.8, 4) is 0 Å². The summed E-state index contributed by atoms with van der Waals surface area (Å²) >= 11 is 0. The second-order valence-corrected chi connectivity index (χ2v) is 6.14. The zero-order chi connectivity index (χ0) is 16.7. The molecule has 2 rings (SSSR count). The summed E-state index contributed by atoms with van der Waals surface area (Å²) in [5, 5.41) is 6.04. The maximum absolute atomic E-state index is 11.7. The standard InChI is InChI=1S/C18H28N4O.HI/c1-4-20-18(22-10-6-7-14(2)13-22)21-12-15-8-5-9-16(11-15)17(23)19-3;/h5,8-9,11,14H,4,6-7,10,12-13H2,1-3H3,(H,19,23)(H,20,21);1H. The minimum atomic E-state index is -0.0624. The van der Waals surface area contributed by atoms with Crippen molar-refractivity contribution in [1.29, 1.82) is 0 Å². The van der Waals surface area contributed by atoms with Crippen molar-refractivity contribution < 1.29 is 4.79 Å². The quantitative estimate of drug-likeness (QED) is 0.427. The number of likely N-dealkylation sites (tertiary alicyclic amines) is 1. The number of hydrogen-bond acceptors (Lipinski definition) is 2. The molecule has 0 aliphatic carbocycles. The molecule has 1 amide bonds. The third-order valence-electron chi connectivity index (χ3n) is 4.12. The maximum Gasteiger partial charge on any atom is 0.251 e. The summed E-state index contributed by atoms with van der Waals surface area (Å²) in [5.74, 6) is 1.63. The molecule has 2 N–H and O–H groups in total. The van der Waals surface area contributed by atoms with E-state index in [0.29, 0.717) is 18.0 Å². The smallest absolute Gasteiger partial charge is 0.251 e. The highest BCUT2D eigenvalue weighted by atomic mass is 127. The molecule has 1 heterocycles. The first-order valence-electron chi connectivity index (χ1n) is 8.48. The molecule has 5 nitrogen and oxygen atoms in total. The highest BCUT2D eigenvalue weighted by Crippen LogP contribution is 2.16. The van der Waals surface area contributed by atoms with Gasteiger partial charge in [0.05, 0.1) is 6.54 Å². The first-order valence-corrected chi connectivity index (χ1v) is 8.48. The topological polar surface area (TPSA) is 56.7 Å². The molecular weight excluding hydrogens is 415 g/mol. The second-order valence-electron chi connectivity index (χ2n) is 6.14. The van der Waals surface area contributed by atoms with Crippen molar-refractivity contribution >= 4 is 35.8 Å². The molecule has 134 valence electrons. The van der Waals surface area contributed by atoms with Crippen LogP contribution in [-0.2, 0) is 6.54 Å². The number of rotatable bonds is 4. The van der Waals surface area contributed by atoms with Crippen molar-refractivity contribution in [2.45, 2.75) is 33.2 Å². The average Bonchev–Trinajstić information content (AvgIpc) is 2.58. The first kappa shape index (κ1) is 20.7. The fraction of sp³-hybridized carbons (Fsp3) is 0.556. The van der Waals surface area contributed by atoms with Crippen LogP contribution in [0, 0.1) is 5.92 Å². The Labute approximate surface area is 162 Å². The third-order valence-corrected chi connectivity index (χ3v) is 4.12. The molecule has 0 bridgehead atoms. The van der Waals surface area contributed by atoms with Crippen LogP contribution in [0.2, 0.25) is 0 Å². The summed E-state index contributed by atoms with van der Waals surface area (Å²) in [4.78, 5) is 18.8. The fourth-order valence-electron chi connectivity index (χ4n) is 2.93. The van der Waals surface area contributed by atoms with Gasteiger partial charge in [0.1, 0.15) is 0 Å². The van der Waals surface area contributed by atoms with E-state index in [1.165, 1.54) is 12.8 Å². The summed E-state index contributed by atoms with van der Waals surface area (Å²) in [5.41, 5.74) is 1.73. The van der Waals surface area contributed by atoms with Crippen molar-refractivity contribution in [2.75, 3.05) is 26.7 Å². The predicted molar refractivity (Wildman–Crippen MR) is 110 cm³/mol. The zero-order valence-corrected chi connectivity index (χ0v) is 17.2. The molecule has 1 atom stereocenters. The normalized spacial score (nSPS) is 17.9. The van der Waals surface area contributed by atoms with E-state index in [4.69, 9.17) is 4.99 Å². The van der Waals surface area contributed by atoms with Crippen LogP contribution in [0.5, 0.6) is 0 Å². The molecule has 0 spiro atoms. The largest absolute Gasteiger partial charge is 0.357 e. The van der Waals surface area contributed by atoms with E-state index in [1.54, 1.807) is 7.05 Å². The molecule has 1 saturated heterocycles. The van der Waals surface area contributed by atoms with Crippen molar-refractivity contribution in [3.05, 3.63) is 35.4 Å². The Bertz CT molecular complexity index is 562. The minimum absolute atomic E-state index is 0. The van der Waals surface area contributed by atoms with Gasteiger partial charge in [-0.1, -0.05) is 19.1 Å². The molecule has 0 radical (unpaired) electrons. The van der Waals surface area contributed by atoms with E-state index in [1.807, 2.05) is 24.3 Å². The summed E-state index contributed by atoms with van der Waals surface area (Å²) in [6.07, 6.45) is 2.52. The lowest BCUT2D eigenvalue weighted by Crippen LogP contribution is -2.46. The monoisotopic (exact) mass is 444 g/mol. The number of carbonyl (C=O) groups excluding carboxylic acids is 1. The SMILES string of the molecule is CCNC(=NCc1cccc(C(=O)NC)c1)N1CCCC(C)C1.I. The van der Waals surface area contributed by atoms with E-state index in [2.05, 4.69) is 29.4 Å². The lowest BCUT2D eigenvalue weighted by atomic mass is 10.0. The molecule has 1 aromatic rings. The van der Waals surface area contributed by atoms with Crippen LogP contribution in [0.3, 0.4) is 0 Å². The van der Waals surface area contributed by atoms with Gasteiger partial charge in [0.15, 0.2) is 5.96 Å². The Balaban J connectivity index is 0.00000288. The molecule has 24 heavy (non-hydrogen) atoms. The lowest BCUT2D eigenvalue weighted by molar-refractivity contribution is 0.0963. The molecule has 1 aromatic carbocycles. The van der Waals surface area contributed by atoms with Crippen LogP contribution < -0.4 is 10.6 Å². The first-order chi connectivity index (χ1) is 11.1. The van der Waals surface area contributed by atoms with Gasteiger partial charge in [0.25, 0.3) is 5.91 Å². The summed E-state index contributed by atoms with van der Waals surface area (Å²) in [7, 11) is 1.65. The van der Waals surface area contributed by atoms with Crippen LogP contribution in [0.15, 0.2) is 29.3 Å². The van der Waals surface area contributed by atoms with Crippen molar-refractivity contribution in [2.24, 2.45) is 10.9 Å². The maximum atomic E-state index is 11.7. The number of piperidine rings is 1. The van der Waals surface area contributed by atoms with Crippen LogP contribution in [0.4, 0.5) is 0 Å². The van der Waals surface area contributed by atoms with Gasteiger partial charge in [-0.05, 0) is 43.4 Å². The highest BCUT2D eigenvalue weighted by molar-refractivity contribution is 14.0. The molecule has 6 heteroatoms. The molecule has 0 saturated carbocycles. The average molecular weight is 444 g/mol. The Hall–Kier alpha value is -1.31. The second kappa shape index (κ2) is 10.5. The number of halogens is 1. The van der Waals surface area contributed by atoms with E-state index in [9.17, 15) is 4.79 Å². The molecule has 1 unspecified atom stereocenters. The molecule has 1 aliphatic heterocycles. The number of amides is 1. The van der Waals surface area contributed by atoms with Gasteiger partial charge < -0.3 is 15.5 Å². The van der Waals surface area contributed by atoms with Crippen LogP contribution in [0.25, 0.3) is 0 Å². The van der Waals surface area contributed by atoms with Gasteiger partial charge in [-0.3, -0.25) is 4.79 Å². The number of guanidine groups is 1. The Morgan fingerprint density at radius 1 is 1.42 bits per heavy atom. The Morgan fingerprint density at radius 2 is 2.21 bits per heavy atom. The zero-order valence-electron chi connectivity index (χ0n) is 14.8. The molecule has 0 aromatic heterocycles. The highest BCUT2D eigenvalue weighted by Gasteiger charge is 2.19. The Kier molecular flexibility index (Phi) is 9.10. The lowest BCUT2D eigenvalue weighted by Gasteiger charge is -2.33. The number of benzene rings is 1. The van der Waals surface area contributed by atoms with E-state index in [0.717, 1.165) is 31.2 Å². The summed E-state index contributed by atoms with van der Waals surface area (Å²) in [6, 6.07) is 7.65. The molecular formula is C18H29IN4O. The predicted octanol–water partition coefficient (Wildman–Crippen LogP) is 2.86. The van der Waals surface area contributed by atoms with Gasteiger partial charge in [0.2, 0.25) is 0 Å². The van der Waals surface area contributed by atoms with E-state index in [-0.39, 0.29) is 29.9 Å². The van der Waals surface area contributed by atoms with Crippen LogP contribution in [-0.4, -0.2) is 43.4 Å². The fourth-order valence-corrected chi connectivity index (χ4v) is 2.93. The third kappa shape index (κ3) is 5.96. The summed E-state index contributed by atoms with van der Waals surface area (Å²) < 4.78 is 0. The number of nitrogens with one attached hydrogen (secondary N) is 2. The van der Waals surface area contributed by atoms with Gasteiger partial charge in [-0.15, -0.1) is 24.0 Å². The molecule has 1 fully saturated rings. The summed E-state index contributed by atoms with van der Waals surface area (Å²) in [6.45, 7) is 7.95. The number of aliphatic imine (C=N–C) groups is 1. The van der Waals surface area contributed by atoms with Crippen molar-refractivity contribution in [3.63, 3.8) is 0 Å². The van der Waals surface area contributed by atoms with Crippen LogP contribution >= 0.6 is 24.0 Å². The number of hydrogen-bond donors (Lipinski definition) is 2. The van der Waals surface area contributed by atoms with Gasteiger partial charge >= 0.3 is 0 Å². The van der Waals surface area contributed by atoms with Crippen molar-refractivity contribution in [1.82, 2.24) is 15.5 Å². The minimum Gasteiger partial charge on any atom is -0.357 e. The number of carbonyl (C=O) groups is 1. The van der Waals surface area contributed by atoms with E-state index >= 15 is 0 Å².